The lowest BCUT2D eigenvalue weighted by molar-refractivity contribution is -0.134. The summed E-state index contributed by atoms with van der Waals surface area (Å²) in [7, 11) is 0. The predicted octanol–water partition coefficient (Wildman–Crippen LogP) is 1.63. The summed E-state index contributed by atoms with van der Waals surface area (Å²) in [4.78, 5) is 14.6. The van der Waals surface area contributed by atoms with Crippen LogP contribution in [0.2, 0.25) is 0 Å². The van der Waals surface area contributed by atoms with Crippen LogP contribution in [0.25, 0.3) is 0 Å². The van der Waals surface area contributed by atoms with Crippen molar-refractivity contribution in [1.82, 2.24) is 10.2 Å². The molecule has 3 aliphatic rings. The molecular weight excluding hydrogens is 212 g/mol. The van der Waals surface area contributed by atoms with Gasteiger partial charge in [0, 0.05) is 32.1 Å². The van der Waals surface area contributed by atoms with E-state index >= 15 is 0 Å². The Labute approximate surface area is 104 Å². The summed E-state index contributed by atoms with van der Waals surface area (Å²) in [5.41, 5.74) is 0. The van der Waals surface area contributed by atoms with E-state index in [0.717, 1.165) is 44.3 Å². The Balaban J connectivity index is 1.63. The van der Waals surface area contributed by atoms with Crippen LogP contribution < -0.4 is 5.32 Å². The standard InChI is InChI=1S/C14H24N2O/c1-2-13-12-8-15-7-11(12)9-16(13)14(17)6-10-4-3-5-10/h10-13,15H,2-9H2,1H3. The second kappa shape index (κ2) is 4.60. The van der Waals surface area contributed by atoms with Gasteiger partial charge in [-0.3, -0.25) is 4.79 Å². The minimum atomic E-state index is 0.441. The first-order valence-corrected chi connectivity index (χ1v) is 7.29. The van der Waals surface area contributed by atoms with Gasteiger partial charge in [0.2, 0.25) is 5.91 Å². The van der Waals surface area contributed by atoms with Crippen molar-refractivity contribution in [3.05, 3.63) is 0 Å². The molecule has 0 spiro atoms. The van der Waals surface area contributed by atoms with Gasteiger partial charge in [-0.25, -0.2) is 0 Å². The molecule has 3 unspecified atom stereocenters. The lowest BCUT2D eigenvalue weighted by atomic mass is 9.82. The highest BCUT2D eigenvalue weighted by Crippen LogP contribution is 2.36. The van der Waals surface area contributed by atoms with E-state index in [1.165, 1.54) is 19.3 Å². The van der Waals surface area contributed by atoms with Crippen LogP contribution in [-0.2, 0) is 4.79 Å². The summed E-state index contributed by atoms with van der Waals surface area (Å²) >= 11 is 0. The third kappa shape index (κ3) is 1.99. The van der Waals surface area contributed by atoms with E-state index < -0.39 is 0 Å². The Morgan fingerprint density at radius 3 is 2.82 bits per heavy atom. The zero-order valence-electron chi connectivity index (χ0n) is 10.8. The summed E-state index contributed by atoms with van der Waals surface area (Å²) in [5.74, 6) is 2.60. The van der Waals surface area contributed by atoms with Crippen LogP contribution in [0, 0.1) is 17.8 Å². The minimum Gasteiger partial charge on any atom is -0.339 e. The minimum absolute atomic E-state index is 0.441. The molecule has 0 aromatic heterocycles. The second-order valence-electron chi connectivity index (χ2n) is 6.10. The van der Waals surface area contributed by atoms with Gasteiger partial charge in [0.25, 0.3) is 0 Å². The van der Waals surface area contributed by atoms with Crippen molar-refractivity contribution in [3.8, 4) is 0 Å². The summed E-state index contributed by atoms with van der Waals surface area (Å²) < 4.78 is 0. The molecule has 1 N–H and O–H groups in total. The Morgan fingerprint density at radius 1 is 1.35 bits per heavy atom. The van der Waals surface area contributed by atoms with Crippen molar-refractivity contribution in [1.29, 1.82) is 0 Å². The van der Waals surface area contributed by atoms with Crippen LogP contribution in [0.5, 0.6) is 0 Å². The molecule has 0 aromatic rings. The van der Waals surface area contributed by atoms with E-state index in [2.05, 4.69) is 17.1 Å². The zero-order chi connectivity index (χ0) is 11.8. The molecule has 1 saturated carbocycles. The molecule has 2 heterocycles. The molecule has 96 valence electrons. The van der Waals surface area contributed by atoms with Crippen molar-refractivity contribution in [2.24, 2.45) is 17.8 Å². The van der Waals surface area contributed by atoms with Gasteiger partial charge in [-0.15, -0.1) is 0 Å². The van der Waals surface area contributed by atoms with E-state index in [9.17, 15) is 4.79 Å². The van der Waals surface area contributed by atoms with Crippen molar-refractivity contribution in [2.75, 3.05) is 19.6 Å². The first kappa shape index (κ1) is 11.5. The van der Waals surface area contributed by atoms with Gasteiger partial charge in [-0.05, 0) is 37.0 Å². The number of amides is 1. The Bertz CT molecular complexity index is 301. The fraction of sp³-hybridized carbons (Fsp3) is 0.929. The van der Waals surface area contributed by atoms with E-state index in [1.807, 2.05) is 0 Å². The summed E-state index contributed by atoms with van der Waals surface area (Å²) in [6, 6.07) is 0.516. The molecule has 0 aromatic carbocycles. The number of hydrogen-bond acceptors (Lipinski definition) is 2. The van der Waals surface area contributed by atoms with Crippen LogP contribution in [0.1, 0.15) is 39.0 Å². The van der Waals surface area contributed by atoms with Gasteiger partial charge in [0.1, 0.15) is 0 Å². The molecule has 0 bridgehead atoms. The second-order valence-corrected chi connectivity index (χ2v) is 6.10. The summed E-state index contributed by atoms with van der Waals surface area (Å²) in [5, 5.41) is 3.47. The number of carbonyl (C=O) groups is 1. The molecule has 3 nitrogen and oxygen atoms in total. The van der Waals surface area contributed by atoms with Crippen LogP contribution >= 0.6 is 0 Å². The van der Waals surface area contributed by atoms with Gasteiger partial charge in [0.15, 0.2) is 0 Å². The molecule has 3 atom stereocenters. The maximum Gasteiger partial charge on any atom is 0.223 e. The van der Waals surface area contributed by atoms with Gasteiger partial charge in [-0.1, -0.05) is 13.3 Å². The molecule has 1 aliphatic carbocycles. The quantitative estimate of drug-likeness (QED) is 0.808. The zero-order valence-corrected chi connectivity index (χ0v) is 10.8. The predicted molar refractivity (Wildman–Crippen MR) is 67.6 cm³/mol. The van der Waals surface area contributed by atoms with Crippen molar-refractivity contribution < 1.29 is 4.79 Å². The highest BCUT2D eigenvalue weighted by molar-refractivity contribution is 5.77. The smallest absolute Gasteiger partial charge is 0.223 e. The lowest BCUT2D eigenvalue weighted by Crippen LogP contribution is -2.40. The fourth-order valence-corrected chi connectivity index (χ4v) is 3.89. The monoisotopic (exact) mass is 236 g/mol. The first-order chi connectivity index (χ1) is 8.29. The van der Waals surface area contributed by atoms with Gasteiger partial charge < -0.3 is 10.2 Å². The van der Waals surface area contributed by atoms with Crippen LogP contribution in [0.3, 0.4) is 0 Å². The highest BCUT2D eigenvalue weighted by atomic mass is 16.2. The highest BCUT2D eigenvalue weighted by Gasteiger charge is 2.45. The third-order valence-corrected chi connectivity index (χ3v) is 5.14. The molecule has 3 rings (SSSR count). The van der Waals surface area contributed by atoms with Crippen molar-refractivity contribution >= 4 is 5.91 Å². The van der Waals surface area contributed by atoms with E-state index in [4.69, 9.17) is 0 Å². The molecule has 2 saturated heterocycles. The molecular formula is C14H24N2O. The molecule has 3 heteroatoms. The fourth-order valence-electron chi connectivity index (χ4n) is 3.89. The van der Waals surface area contributed by atoms with E-state index in [-0.39, 0.29) is 0 Å². The summed E-state index contributed by atoms with van der Waals surface area (Å²) in [6.45, 7) is 5.49. The maximum atomic E-state index is 12.4. The first-order valence-electron chi connectivity index (χ1n) is 7.29. The Kier molecular flexibility index (Phi) is 3.12. The molecule has 1 amide bonds. The normalized spacial score (nSPS) is 37.0. The van der Waals surface area contributed by atoms with Gasteiger partial charge in [0.05, 0.1) is 0 Å². The largest absolute Gasteiger partial charge is 0.339 e. The molecule has 2 aliphatic heterocycles. The average Bonchev–Trinajstić information content (AvgIpc) is 2.81. The van der Waals surface area contributed by atoms with Crippen LogP contribution in [0.15, 0.2) is 0 Å². The number of rotatable bonds is 3. The number of hydrogen-bond donors (Lipinski definition) is 1. The van der Waals surface area contributed by atoms with Crippen molar-refractivity contribution in [2.45, 2.75) is 45.1 Å². The number of nitrogens with one attached hydrogen (secondary N) is 1. The van der Waals surface area contributed by atoms with Gasteiger partial charge in [-0.2, -0.15) is 0 Å². The number of fused-ring (bicyclic) bond motifs is 1. The van der Waals surface area contributed by atoms with E-state index in [1.54, 1.807) is 0 Å². The molecule has 17 heavy (non-hydrogen) atoms. The molecule has 3 fully saturated rings. The van der Waals surface area contributed by atoms with Gasteiger partial charge >= 0.3 is 0 Å². The maximum absolute atomic E-state index is 12.4. The van der Waals surface area contributed by atoms with Crippen LogP contribution in [0.4, 0.5) is 0 Å². The van der Waals surface area contributed by atoms with Crippen LogP contribution in [-0.4, -0.2) is 36.5 Å². The van der Waals surface area contributed by atoms with E-state index in [0.29, 0.717) is 17.9 Å². The lowest BCUT2D eigenvalue weighted by Gasteiger charge is -2.31. The number of nitrogens with zero attached hydrogens (tertiary/aromatic N) is 1. The third-order valence-electron chi connectivity index (χ3n) is 5.14. The SMILES string of the molecule is CCC1C2CNCC2CN1C(=O)CC1CCC1. The Hall–Kier alpha value is -0.570. The average molecular weight is 236 g/mol. The van der Waals surface area contributed by atoms with Crippen molar-refractivity contribution in [3.63, 3.8) is 0 Å². The molecule has 0 radical (unpaired) electrons. The Morgan fingerprint density at radius 2 is 2.18 bits per heavy atom. The topological polar surface area (TPSA) is 32.3 Å². The number of carbonyl (C=O) groups excluding carboxylic acids is 1. The summed E-state index contributed by atoms with van der Waals surface area (Å²) in [6.07, 6.45) is 5.85. The number of likely N-dealkylation sites (tertiary alicyclic amines) is 1.